The molecule has 0 saturated heterocycles. The summed E-state index contributed by atoms with van der Waals surface area (Å²) in [6, 6.07) is 0. The average molecular weight is 641 g/mol. The van der Waals surface area contributed by atoms with Gasteiger partial charge in [0, 0.05) is 38.8 Å². The SMILES string of the molecule is CC(C)(C)C1=CC(O)(CCC(=O)NCCCCCCNC(=O)CCC2(O)C=C(C(C)(C)C)C=C(C(C)(C)C)C2)CC(C(C)(C)C)=C1. The van der Waals surface area contributed by atoms with Crippen molar-refractivity contribution in [2.45, 2.75) is 158 Å². The van der Waals surface area contributed by atoms with Crippen LogP contribution in [0.2, 0.25) is 0 Å². The topological polar surface area (TPSA) is 98.7 Å². The Kier molecular flexibility index (Phi) is 13.4. The minimum atomic E-state index is -1.01. The lowest BCUT2D eigenvalue weighted by atomic mass is 9.70. The Bertz CT molecular complexity index is 1100. The van der Waals surface area contributed by atoms with Gasteiger partial charge in [0.05, 0.1) is 11.2 Å². The van der Waals surface area contributed by atoms with E-state index in [0.717, 1.165) is 36.8 Å². The zero-order valence-corrected chi connectivity index (χ0v) is 31.5. The van der Waals surface area contributed by atoms with Gasteiger partial charge in [-0.2, -0.15) is 0 Å². The highest BCUT2D eigenvalue weighted by atomic mass is 16.3. The molecule has 0 aliphatic heterocycles. The monoisotopic (exact) mass is 641 g/mol. The Morgan fingerprint density at radius 1 is 0.587 bits per heavy atom. The van der Waals surface area contributed by atoms with Crippen LogP contribution in [0.3, 0.4) is 0 Å². The second-order valence-corrected chi connectivity index (χ2v) is 18.2. The van der Waals surface area contributed by atoms with Crippen LogP contribution < -0.4 is 10.6 Å². The van der Waals surface area contributed by atoms with Crippen molar-refractivity contribution in [3.05, 3.63) is 46.6 Å². The van der Waals surface area contributed by atoms with E-state index >= 15 is 0 Å². The van der Waals surface area contributed by atoms with Gasteiger partial charge in [-0.05, 0) is 70.6 Å². The van der Waals surface area contributed by atoms with Crippen LogP contribution in [0, 0.1) is 21.7 Å². The van der Waals surface area contributed by atoms with Gasteiger partial charge in [-0.15, -0.1) is 0 Å². The molecule has 2 atom stereocenters. The van der Waals surface area contributed by atoms with Crippen molar-refractivity contribution < 1.29 is 19.8 Å². The van der Waals surface area contributed by atoms with E-state index in [-0.39, 0.29) is 33.5 Å². The molecule has 262 valence electrons. The molecule has 4 N–H and O–H groups in total. The molecule has 0 aromatic carbocycles. The summed E-state index contributed by atoms with van der Waals surface area (Å²) in [5, 5.41) is 29.0. The van der Waals surface area contributed by atoms with Gasteiger partial charge in [-0.1, -0.05) is 119 Å². The standard InChI is InChI=1S/C40H68N2O4/c1-35(2,3)29-23-30(36(4,5)6)26-39(45,25-29)19-17-33(43)41-21-15-13-14-16-22-42-34(44)18-20-40(46)27-31(37(7,8)9)24-32(28-40)38(10,11)12/h23-25,27,45-46H,13-22,26,28H2,1-12H3,(H,41,43)(H,42,44). The number of unbranched alkanes of at least 4 members (excludes halogenated alkanes) is 3. The number of aliphatic hydroxyl groups is 2. The molecule has 0 fully saturated rings. The van der Waals surface area contributed by atoms with Crippen LogP contribution >= 0.6 is 0 Å². The van der Waals surface area contributed by atoms with Gasteiger partial charge in [0.1, 0.15) is 0 Å². The van der Waals surface area contributed by atoms with E-state index < -0.39 is 11.2 Å². The molecule has 0 saturated carbocycles. The molecule has 0 radical (unpaired) electrons. The van der Waals surface area contributed by atoms with Crippen LogP contribution in [-0.4, -0.2) is 46.3 Å². The summed E-state index contributed by atoms with van der Waals surface area (Å²) in [4.78, 5) is 25.2. The van der Waals surface area contributed by atoms with Crippen LogP contribution in [0.1, 0.15) is 147 Å². The summed E-state index contributed by atoms with van der Waals surface area (Å²) in [5.41, 5.74) is 2.46. The molecule has 0 aromatic heterocycles. The summed E-state index contributed by atoms with van der Waals surface area (Å²) in [5.74, 6) is -0.0417. The number of hydrogen-bond donors (Lipinski definition) is 4. The summed E-state index contributed by atoms with van der Waals surface area (Å²) >= 11 is 0. The molecular formula is C40H68N2O4. The normalized spacial score (nSPS) is 22.8. The van der Waals surface area contributed by atoms with Crippen molar-refractivity contribution in [1.29, 1.82) is 0 Å². The summed E-state index contributed by atoms with van der Waals surface area (Å²) < 4.78 is 0. The number of allylic oxidation sites excluding steroid dienone is 4. The Balaban J connectivity index is 1.67. The lowest BCUT2D eigenvalue weighted by Crippen LogP contribution is -2.36. The number of amides is 2. The Morgan fingerprint density at radius 3 is 1.20 bits per heavy atom. The minimum absolute atomic E-state index is 0.0209. The maximum absolute atomic E-state index is 12.6. The number of nitrogens with one attached hydrogen (secondary N) is 2. The first kappa shape index (κ1) is 40.0. The number of hydrogen-bond acceptors (Lipinski definition) is 4. The van der Waals surface area contributed by atoms with Crippen molar-refractivity contribution >= 4 is 11.8 Å². The zero-order valence-electron chi connectivity index (χ0n) is 31.5. The first-order valence-corrected chi connectivity index (χ1v) is 17.7. The van der Waals surface area contributed by atoms with E-state index in [1.54, 1.807) is 0 Å². The predicted octanol–water partition coefficient (Wildman–Crippen LogP) is 8.50. The molecule has 2 aliphatic carbocycles. The molecule has 2 unspecified atom stereocenters. The predicted molar refractivity (Wildman–Crippen MR) is 192 cm³/mol. The van der Waals surface area contributed by atoms with Gasteiger partial charge in [0.15, 0.2) is 0 Å². The molecule has 6 heteroatoms. The molecule has 2 amide bonds. The lowest BCUT2D eigenvalue weighted by Gasteiger charge is -2.38. The van der Waals surface area contributed by atoms with Crippen molar-refractivity contribution in [3.63, 3.8) is 0 Å². The Hall–Kier alpha value is -2.18. The van der Waals surface area contributed by atoms with E-state index in [1.165, 1.54) is 11.1 Å². The maximum Gasteiger partial charge on any atom is 0.220 e. The van der Waals surface area contributed by atoms with Gasteiger partial charge in [-0.25, -0.2) is 0 Å². The summed E-state index contributed by atoms with van der Waals surface area (Å²) in [7, 11) is 0. The van der Waals surface area contributed by atoms with Gasteiger partial charge in [0.2, 0.25) is 11.8 Å². The smallest absolute Gasteiger partial charge is 0.220 e. The number of carbonyl (C=O) groups excluding carboxylic acids is 2. The maximum atomic E-state index is 12.6. The lowest BCUT2D eigenvalue weighted by molar-refractivity contribution is -0.122. The second kappa shape index (κ2) is 15.4. The van der Waals surface area contributed by atoms with Crippen LogP contribution in [0.4, 0.5) is 0 Å². The van der Waals surface area contributed by atoms with Crippen molar-refractivity contribution in [2.75, 3.05) is 13.1 Å². The zero-order chi connectivity index (χ0) is 35.2. The molecule has 46 heavy (non-hydrogen) atoms. The number of rotatable bonds is 13. The quantitative estimate of drug-likeness (QED) is 0.152. The third-order valence-electron chi connectivity index (χ3n) is 9.48. The van der Waals surface area contributed by atoms with E-state index in [2.05, 4.69) is 106 Å². The van der Waals surface area contributed by atoms with Crippen LogP contribution in [-0.2, 0) is 9.59 Å². The van der Waals surface area contributed by atoms with Crippen molar-refractivity contribution in [2.24, 2.45) is 21.7 Å². The largest absolute Gasteiger partial charge is 0.385 e. The molecule has 0 aromatic rings. The fourth-order valence-corrected chi connectivity index (χ4v) is 5.95. The highest BCUT2D eigenvalue weighted by Crippen LogP contribution is 2.44. The molecule has 2 rings (SSSR count). The van der Waals surface area contributed by atoms with E-state index in [0.29, 0.717) is 51.6 Å². The fourth-order valence-electron chi connectivity index (χ4n) is 5.95. The summed E-state index contributed by atoms with van der Waals surface area (Å²) in [6.07, 6.45) is 14.7. The minimum Gasteiger partial charge on any atom is -0.385 e. The van der Waals surface area contributed by atoms with Crippen LogP contribution in [0.25, 0.3) is 0 Å². The molecule has 2 aliphatic rings. The Morgan fingerprint density at radius 2 is 0.913 bits per heavy atom. The molecule has 0 heterocycles. The third kappa shape index (κ3) is 13.1. The van der Waals surface area contributed by atoms with Gasteiger partial charge in [-0.3, -0.25) is 9.59 Å². The molecule has 0 spiro atoms. The highest BCUT2D eigenvalue weighted by molar-refractivity contribution is 5.76. The second-order valence-electron chi connectivity index (χ2n) is 18.2. The number of carbonyl (C=O) groups is 2. The first-order valence-electron chi connectivity index (χ1n) is 17.7. The summed E-state index contributed by atoms with van der Waals surface area (Å²) in [6.45, 7) is 27.2. The molecular weight excluding hydrogens is 572 g/mol. The first-order chi connectivity index (χ1) is 20.8. The van der Waals surface area contributed by atoms with Gasteiger partial charge < -0.3 is 20.8 Å². The molecule has 6 nitrogen and oxygen atoms in total. The van der Waals surface area contributed by atoms with Crippen molar-refractivity contribution in [1.82, 2.24) is 10.6 Å². The van der Waals surface area contributed by atoms with E-state index in [9.17, 15) is 19.8 Å². The highest BCUT2D eigenvalue weighted by Gasteiger charge is 2.37. The molecule has 0 bridgehead atoms. The van der Waals surface area contributed by atoms with Gasteiger partial charge in [0.25, 0.3) is 0 Å². The van der Waals surface area contributed by atoms with Gasteiger partial charge >= 0.3 is 0 Å². The average Bonchev–Trinajstić information content (AvgIpc) is 2.90. The van der Waals surface area contributed by atoms with E-state index in [1.807, 2.05) is 12.2 Å². The third-order valence-corrected chi connectivity index (χ3v) is 9.48. The van der Waals surface area contributed by atoms with Crippen LogP contribution in [0.5, 0.6) is 0 Å². The van der Waals surface area contributed by atoms with E-state index in [4.69, 9.17) is 0 Å². The van der Waals surface area contributed by atoms with Crippen molar-refractivity contribution in [3.8, 4) is 0 Å². The Labute approximate surface area is 281 Å². The fraction of sp³-hybridized carbons (Fsp3) is 0.750. The van der Waals surface area contributed by atoms with Crippen LogP contribution in [0.15, 0.2) is 46.6 Å².